The monoisotopic (exact) mass is 336 g/mol. The van der Waals surface area contributed by atoms with Crippen LogP contribution in [0.3, 0.4) is 0 Å². The third-order valence-electron chi connectivity index (χ3n) is 4.77. The molecule has 1 saturated heterocycles. The van der Waals surface area contributed by atoms with E-state index in [-0.39, 0.29) is 31.8 Å². The highest BCUT2D eigenvalue weighted by atomic mass is 19.4. The normalized spacial score (nSPS) is 16.6. The summed E-state index contributed by atoms with van der Waals surface area (Å²) in [5.41, 5.74) is 2.32. The second-order valence-corrected chi connectivity index (χ2v) is 6.19. The minimum atomic E-state index is -4.17. The Kier molecular flexibility index (Phi) is 4.15. The van der Waals surface area contributed by atoms with Gasteiger partial charge in [0.1, 0.15) is 5.69 Å². The fourth-order valence-electron chi connectivity index (χ4n) is 3.39. The van der Waals surface area contributed by atoms with Crippen molar-refractivity contribution in [3.8, 4) is 0 Å². The molecule has 6 heteroatoms. The van der Waals surface area contributed by atoms with E-state index in [1.807, 2.05) is 18.2 Å². The largest absolute Gasteiger partial charge is 0.391 e. The van der Waals surface area contributed by atoms with Crippen LogP contribution in [0.1, 0.15) is 28.9 Å². The van der Waals surface area contributed by atoms with E-state index in [2.05, 4.69) is 6.58 Å². The number of likely N-dealkylation sites (tertiary alicyclic amines) is 1. The molecular weight excluding hydrogens is 317 g/mol. The number of amides is 1. The van der Waals surface area contributed by atoms with E-state index in [1.54, 1.807) is 23.8 Å². The predicted octanol–water partition coefficient (Wildman–Crippen LogP) is 4.24. The van der Waals surface area contributed by atoms with E-state index in [0.29, 0.717) is 5.69 Å². The summed E-state index contributed by atoms with van der Waals surface area (Å²) in [5, 5.41) is 0.920. The van der Waals surface area contributed by atoms with E-state index in [4.69, 9.17) is 0 Å². The van der Waals surface area contributed by atoms with Gasteiger partial charge in [0, 0.05) is 25.5 Å². The number of carbonyl (C=O) groups excluding carboxylic acids is 1. The Balaban J connectivity index is 1.85. The quantitative estimate of drug-likeness (QED) is 0.805. The number of piperidine rings is 1. The molecule has 1 aliphatic heterocycles. The second kappa shape index (κ2) is 6.00. The zero-order chi connectivity index (χ0) is 17.5. The van der Waals surface area contributed by atoms with Gasteiger partial charge in [-0.25, -0.2) is 0 Å². The Labute approximate surface area is 138 Å². The molecule has 0 spiro atoms. The van der Waals surface area contributed by atoms with E-state index < -0.39 is 12.1 Å². The summed E-state index contributed by atoms with van der Waals surface area (Å²) < 4.78 is 40.1. The van der Waals surface area contributed by atoms with Crippen LogP contribution in [0.25, 0.3) is 17.0 Å². The average Bonchev–Trinajstić information content (AvgIpc) is 2.90. The van der Waals surface area contributed by atoms with Crippen molar-refractivity contribution < 1.29 is 18.0 Å². The van der Waals surface area contributed by atoms with Crippen LogP contribution >= 0.6 is 0 Å². The number of fused-ring (bicyclic) bond motifs is 1. The van der Waals surface area contributed by atoms with Gasteiger partial charge in [0.25, 0.3) is 5.91 Å². The van der Waals surface area contributed by atoms with E-state index in [0.717, 1.165) is 16.5 Å². The van der Waals surface area contributed by atoms with Gasteiger partial charge in [-0.2, -0.15) is 13.2 Å². The minimum Gasteiger partial charge on any atom is -0.339 e. The molecule has 0 N–H and O–H groups in total. The van der Waals surface area contributed by atoms with Crippen LogP contribution < -0.4 is 0 Å². The Morgan fingerprint density at radius 2 is 1.96 bits per heavy atom. The molecule has 3 nitrogen and oxygen atoms in total. The SMILES string of the molecule is C=Cc1cccc2cc(C(=O)N3CCC(C(F)(F)F)CC3)n(C)c12. The van der Waals surface area contributed by atoms with Gasteiger partial charge in [-0.1, -0.05) is 30.9 Å². The first-order valence-corrected chi connectivity index (χ1v) is 7.90. The lowest BCUT2D eigenvalue weighted by molar-refractivity contribution is -0.183. The first-order chi connectivity index (χ1) is 11.3. The number of aryl methyl sites for hydroxylation is 1. The van der Waals surface area contributed by atoms with Gasteiger partial charge in [-0.3, -0.25) is 4.79 Å². The minimum absolute atomic E-state index is 0.0307. The standard InChI is InChI=1S/C18H19F3N2O/c1-3-12-5-4-6-13-11-15(22(2)16(12)13)17(24)23-9-7-14(8-10-23)18(19,20)21/h3-6,11,14H,1,7-10H2,2H3. The van der Waals surface area contributed by atoms with Crippen molar-refractivity contribution in [1.82, 2.24) is 9.47 Å². The van der Waals surface area contributed by atoms with Gasteiger partial charge >= 0.3 is 6.18 Å². The molecule has 3 rings (SSSR count). The first kappa shape index (κ1) is 16.6. The number of benzene rings is 1. The molecule has 1 aromatic carbocycles. The van der Waals surface area contributed by atoms with Crippen LogP contribution in [0, 0.1) is 5.92 Å². The molecule has 2 heterocycles. The summed E-state index contributed by atoms with van der Waals surface area (Å²) >= 11 is 0. The lowest BCUT2D eigenvalue weighted by Crippen LogP contribution is -2.42. The number of halogens is 3. The Hall–Kier alpha value is -2.24. The second-order valence-electron chi connectivity index (χ2n) is 6.19. The maximum Gasteiger partial charge on any atom is 0.391 e. The van der Waals surface area contributed by atoms with Gasteiger partial charge in [-0.15, -0.1) is 0 Å². The van der Waals surface area contributed by atoms with Gasteiger partial charge in [0.15, 0.2) is 0 Å². The zero-order valence-electron chi connectivity index (χ0n) is 13.4. The Morgan fingerprint density at radius 1 is 1.29 bits per heavy atom. The first-order valence-electron chi connectivity index (χ1n) is 7.90. The number of hydrogen-bond acceptors (Lipinski definition) is 1. The molecular formula is C18H19F3N2O. The summed E-state index contributed by atoms with van der Waals surface area (Å²) in [6.07, 6.45) is -2.51. The third kappa shape index (κ3) is 2.81. The highest BCUT2D eigenvalue weighted by Crippen LogP contribution is 2.34. The van der Waals surface area contributed by atoms with Crippen molar-refractivity contribution in [2.45, 2.75) is 19.0 Å². The number of carbonyl (C=O) groups is 1. The molecule has 0 aliphatic carbocycles. The lowest BCUT2D eigenvalue weighted by Gasteiger charge is -2.33. The van der Waals surface area contributed by atoms with Gasteiger partial charge in [0.2, 0.25) is 0 Å². The summed E-state index contributed by atoms with van der Waals surface area (Å²) in [6.45, 7) is 4.06. The molecule has 0 saturated carbocycles. The third-order valence-corrected chi connectivity index (χ3v) is 4.77. The van der Waals surface area contributed by atoms with Crippen molar-refractivity contribution in [3.63, 3.8) is 0 Å². The van der Waals surface area contributed by atoms with Gasteiger partial charge in [0.05, 0.1) is 11.4 Å². The molecule has 0 bridgehead atoms. The number of rotatable bonds is 2. The van der Waals surface area contributed by atoms with E-state index in [9.17, 15) is 18.0 Å². The zero-order valence-corrected chi connectivity index (χ0v) is 13.4. The molecule has 0 unspecified atom stereocenters. The summed E-state index contributed by atoms with van der Waals surface area (Å²) in [5.74, 6) is -1.52. The van der Waals surface area contributed by atoms with Gasteiger partial charge < -0.3 is 9.47 Å². The van der Waals surface area contributed by atoms with Crippen molar-refractivity contribution in [2.75, 3.05) is 13.1 Å². The van der Waals surface area contributed by atoms with Crippen LogP contribution in [-0.4, -0.2) is 34.6 Å². The van der Waals surface area contributed by atoms with Gasteiger partial charge in [-0.05, 0) is 24.5 Å². The summed E-state index contributed by atoms with van der Waals surface area (Å²) in [7, 11) is 1.80. The average molecular weight is 336 g/mol. The molecule has 1 amide bonds. The molecule has 1 fully saturated rings. The number of hydrogen-bond donors (Lipinski definition) is 0. The molecule has 1 aliphatic rings. The smallest absolute Gasteiger partial charge is 0.339 e. The Morgan fingerprint density at radius 3 is 2.54 bits per heavy atom. The summed E-state index contributed by atoms with van der Waals surface area (Å²) in [6, 6.07) is 7.51. The number of aromatic nitrogens is 1. The fraction of sp³-hybridized carbons (Fsp3) is 0.389. The Bertz CT molecular complexity index is 783. The van der Waals surface area contributed by atoms with Crippen molar-refractivity contribution in [3.05, 3.63) is 42.1 Å². The van der Waals surface area contributed by atoms with Crippen LogP contribution in [-0.2, 0) is 7.05 Å². The number of para-hydroxylation sites is 1. The number of nitrogens with zero attached hydrogens (tertiary/aromatic N) is 2. The highest BCUT2D eigenvalue weighted by Gasteiger charge is 2.42. The fourth-order valence-corrected chi connectivity index (χ4v) is 3.39. The van der Waals surface area contributed by atoms with Crippen LogP contribution in [0.4, 0.5) is 13.2 Å². The molecule has 0 radical (unpaired) electrons. The van der Waals surface area contributed by atoms with E-state index >= 15 is 0 Å². The number of alkyl halides is 3. The molecule has 0 atom stereocenters. The molecule has 2 aromatic rings. The molecule has 24 heavy (non-hydrogen) atoms. The van der Waals surface area contributed by atoms with Crippen LogP contribution in [0.2, 0.25) is 0 Å². The molecule has 128 valence electrons. The van der Waals surface area contributed by atoms with Crippen molar-refractivity contribution in [2.24, 2.45) is 13.0 Å². The van der Waals surface area contributed by atoms with Crippen LogP contribution in [0.15, 0.2) is 30.8 Å². The van der Waals surface area contributed by atoms with Crippen molar-refractivity contribution in [1.29, 1.82) is 0 Å². The predicted molar refractivity (Wildman–Crippen MR) is 87.7 cm³/mol. The highest BCUT2D eigenvalue weighted by molar-refractivity contribution is 6.00. The maximum atomic E-state index is 12.8. The van der Waals surface area contributed by atoms with E-state index in [1.165, 1.54) is 4.90 Å². The lowest BCUT2D eigenvalue weighted by atomic mass is 9.96. The summed E-state index contributed by atoms with van der Waals surface area (Å²) in [4.78, 5) is 14.3. The topological polar surface area (TPSA) is 25.2 Å². The maximum absolute atomic E-state index is 12.8. The van der Waals surface area contributed by atoms with Crippen LogP contribution in [0.5, 0.6) is 0 Å². The molecule has 1 aromatic heterocycles. The van der Waals surface area contributed by atoms with Crippen molar-refractivity contribution >= 4 is 22.9 Å².